The first-order chi connectivity index (χ1) is 16.8. The zero-order chi connectivity index (χ0) is 25.0. The number of anilines is 2. The Morgan fingerprint density at radius 3 is 2.51 bits per heavy atom. The highest BCUT2D eigenvalue weighted by Gasteiger charge is 2.27. The summed E-state index contributed by atoms with van der Waals surface area (Å²) < 4.78 is 15.8. The number of fused-ring (bicyclic) bond motifs is 1. The Bertz CT molecular complexity index is 1190. The molecule has 184 valence electrons. The molecule has 0 spiro atoms. The van der Waals surface area contributed by atoms with Crippen LogP contribution >= 0.6 is 0 Å². The third kappa shape index (κ3) is 5.63. The minimum atomic E-state index is -0.0793. The molecule has 2 N–H and O–H groups in total. The van der Waals surface area contributed by atoms with E-state index >= 15 is 0 Å². The highest BCUT2D eigenvalue weighted by Crippen LogP contribution is 2.32. The molecule has 2 aromatic carbocycles. The number of rotatable bonds is 8. The number of amides is 1. The van der Waals surface area contributed by atoms with Crippen molar-refractivity contribution in [2.75, 3.05) is 44.3 Å². The molecule has 0 bridgehead atoms. The van der Waals surface area contributed by atoms with Crippen molar-refractivity contribution in [1.29, 1.82) is 0 Å². The maximum absolute atomic E-state index is 13.3. The van der Waals surface area contributed by atoms with Gasteiger partial charge in [-0.2, -0.15) is 0 Å². The Kier molecular flexibility index (Phi) is 7.38. The lowest BCUT2D eigenvalue weighted by Gasteiger charge is -2.29. The number of aromatic nitrogens is 1. The predicted molar refractivity (Wildman–Crippen MR) is 138 cm³/mol. The number of hydrogen-bond donors (Lipinski definition) is 1. The number of methoxy groups -OCH3 is 1. The lowest BCUT2D eigenvalue weighted by Crippen LogP contribution is -2.37. The van der Waals surface area contributed by atoms with Gasteiger partial charge in [0.05, 0.1) is 30.2 Å². The summed E-state index contributed by atoms with van der Waals surface area (Å²) in [7, 11) is 1.61. The zero-order valence-electron chi connectivity index (χ0n) is 20.8. The van der Waals surface area contributed by atoms with E-state index in [-0.39, 0.29) is 18.1 Å². The van der Waals surface area contributed by atoms with Gasteiger partial charge >= 0.3 is 0 Å². The maximum atomic E-state index is 13.3. The molecule has 3 aromatic rings. The highest BCUT2D eigenvalue weighted by atomic mass is 16.7. The van der Waals surface area contributed by atoms with Crippen molar-refractivity contribution < 1.29 is 19.0 Å². The standard InChI is InChI=1S/C28H33N3O4/c1-28(2,3)21-7-5-19(6-8-21)25-15-20-11-12-31(27(32)23(20)17-30-25)22-9-10-26(24(29)16-22)35-18-34-14-13-33-4/h5-10,15-17H,11-14,18,29H2,1-4H3. The van der Waals surface area contributed by atoms with E-state index in [9.17, 15) is 4.79 Å². The first-order valence-electron chi connectivity index (χ1n) is 11.8. The van der Waals surface area contributed by atoms with Gasteiger partial charge in [0.15, 0.2) is 6.79 Å². The number of nitrogen functional groups attached to an aromatic ring is 1. The molecule has 0 fully saturated rings. The van der Waals surface area contributed by atoms with Crippen molar-refractivity contribution in [2.24, 2.45) is 0 Å². The summed E-state index contributed by atoms with van der Waals surface area (Å²) in [6, 6.07) is 15.9. The van der Waals surface area contributed by atoms with E-state index in [0.29, 0.717) is 36.8 Å². The van der Waals surface area contributed by atoms with Crippen LogP contribution in [0.2, 0.25) is 0 Å². The summed E-state index contributed by atoms with van der Waals surface area (Å²) in [5.74, 6) is 0.434. The molecule has 1 amide bonds. The van der Waals surface area contributed by atoms with Gasteiger partial charge in [0, 0.05) is 31.1 Å². The number of carbonyl (C=O) groups is 1. The van der Waals surface area contributed by atoms with Crippen molar-refractivity contribution >= 4 is 17.3 Å². The molecule has 7 nitrogen and oxygen atoms in total. The third-order valence-electron chi connectivity index (χ3n) is 6.15. The van der Waals surface area contributed by atoms with Crippen LogP contribution < -0.4 is 15.4 Å². The van der Waals surface area contributed by atoms with E-state index in [1.165, 1.54) is 5.56 Å². The fraction of sp³-hybridized carbons (Fsp3) is 0.357. The Morgan fingerprint density at radius 2 is 1.83 bits per heavy atom. The molecule has 1 aliphatic heterocycles. The SMILES string of the molecule is COCCOCOc1ccc(N2CCc3cc(-c4ccc(C(C)(C)C)cc4)ncc3C2=O)cc1N. The molecule has 2 heterocycles. The molecule has 4 rings (SSSR count). The van der Waals surface area contributed by atoms with Gasteiger partial charge in [0.2, 0.25) is 0 Å². The maximum Gasteiger partial charge on any atom is 0.260 e. The number of benzene rings is 2. The lowest BCUT2D eigenvalue weighted by molar-refractivity contribution is -0.00813. The average molecular weight is 476 g/mol. The molecule has 0 unspecified atom stereocenters. The third-order valence-corrected chi connectivity index (χ3v) is 6.15. The van der Waals surface area contributed by atoms with E-state index in [1.54, 1.807) is 30.3 Å². The highest BCUT2D eigenvalue weighted by molar-refractivity contribution is 6.08. The van der Waals surface area contributed by atoms with Gasteiger partial charge in [-0.15, -0.1) is 0 Å². The predicted octanol–water partition coefficient (Wildman–Crippen LogP) is 4.83. The minimum absolute atomic E-state index is 0.0792. The number of hydrogen-bond acceptors (Lipinski definition) is 6. The second kappa shape index (κ2) is 10.5. The molecule has 0 radical (unpaired) electrons. The van der Waals surface area contributed by atoms with E-state index < -0.39 is 0 Å². The van der Waals surface area contributed by atoms with Crippen molar-refractivity contribution in [2.45, 2.75) is 32.6 Å². The van der Waals surface area contributed by atoms with E-state index in [1.807, 2.05) is 12.1 Å². The summed E-state index contributed by atoms with van der Waals surface area (Å²) in [5, 5.41) is 0. The fourth-order valence-corrected chi connectivity index (χ4v) is 4.06. The monoisotopic (exact) mass is 475 g/mol. The van der Waals surface area contributed by atoms with Crippen LogP contribution in [0.4, 0.5) is 11.4 Å². The van der Waals surface area contributed by atoms with Crippen molar-refractivity contribution in [3.8, 4) is 17.0 Å². The van der Waals surface area contributed by atoms with E-state index in [0.717, 1.165) is 28.9 Å². The fourth-order valence-electron chi connectivity index (χ4n) is 4.06. The second-order valence-corrected chi connectivity index (χ2v) is 9.65. The zero-order valence-corrected chi connectivity index (χ0v) is 20.8. The van der Waals surface area contributed by atoms with Crippen molar-refractivity contribution in [3.63, 3.8) is 0 Å². The lowest BCUT2D eigenvalue weighted by atomic mass is 9.86. The number of pyridine rings is 1. The first-order valence-corrected chi connectivity index (χ1v) is 11.8. The van der Waals surface area contributed by atoms with Crippen molar-refractivity contribution in [3.05, 3.63) is 71.4 Å². The molecule has 7 heteroatoms. The quantitative estimate of drug-likeness (QED) is 0.285. The van der Waals surface area contributed by atoms with Crippen LogP contribution in [0, 0.1) is 0 Å². The molecular formula is C28H33N3O4. The van der Waals surface area contributed by atoms with Gasteiger partial charge in [-0.1, -0.05) is 45.0 Å². The molecule has 1 aliphatic rings. The summed E-state index contributed by atoms with van der Waals surface area (Å²) in [4.78, 5) is 19.6. The van der Waals surface area contributed by atoms with Gasteiger partial charge < -0.3 is 24.8 Å². The molecule has 35 heavy (non-hydrogen) atoms. The largest absolute Gasteiger partial charge is 0.465 e. The Hall–Kier alpha value is -3.42. The topological polar surface area (TPSA) is 86.9 Å². The number of ether oxygens (including phenoxy) is 3. The van der Waals surface area contributed by atoms with Crippen LogP contribution in [0.1, 0.15) is 42.3 Å². The summed E-state index contributed by atoms with van der Waals surface area (Å²) in [6.07, 6.45) is 2.43. The molecule has 0 aliphatic carbocycles. The summed E-state index contributed by atoms with van der Waals surface area (Å²) >= 11 is 0. The number of carbonyl (C=O) groups excluding carboxylic acids is 1. The van der Waals surface area contributed by atoms with Gasteiger partial charge in [-0.25, -0.2) is 0 Å². The minimum Gasteiger partial charge on any atom is -0.465 e. The van der Waals surface area contributed by atoms with Crippen LogP contribution in [0.15, 0.2) is 54.7 Å². The Morgan fingerprint density at radius 1 is 1.06 bits per heavy atom. The normalized spacial score (nSPS) is 13.6. The van der Waals surface area contributed by atoms with Crippen molar-refractivity contribution in [1.82, 2.24) is 4.98 Å². The number of nitrogens with zero attached hydrogens (tertiary/aromatic N) is 2. The van der Waals surface area contributed by atoms with E-state index in [2.05, 4.69) is 50.0 Å². The molecular weight excluding hydrogens is 442 g/mol. The molecule has 0 saturated carbocycles. The second-order valence-electron chi connectivity index (χ2n) is 9.65. The van der Waals surface area contributed by atoms with E-state index in [4.69, 9.17) is 19.9 Å². The van der Waals surface area contributed by atoms with Crippen LogP contribution in [-0.4, -0.2) is 44.6 Å². The summed E-state index contributed by atoms with van der Waals surface area (Å²) in [5.41, 5.74) is 12.3. The Labute approximate surface area is 206 Å². The van der Waals surface area contributed by atoms with Gasteiger partial charge in [0.25, 0.3) is 5.91 Å². The summed E-state index contributed by atoms with van der Waals surface area (Å²) in [6.45, 7) is 8.18. The average Bonchev–Trinajstić information content (AvgIpc) is 2.84. The first kappa shape index (κ1) is 24.7. The van der Waals surface area contributed by atoms with Crippen LogP contribution in [-0.2, 0) is 21.3 Å². The van der Waals surface area contributed by atoms with Crippen LogP contribution in [0.3, 0.4) is 0 Å². The molecule has 0 atom stereocenters. The van der Waals surface area contributed by atoms with Gasteiger partial charge in [0.1, 0.15) is 5.75 Å². The molecule has 1 aromatic heterocycles. The Balaban J connectivity index is 1.47. The van der Waals surface area contributed by atoms with Gasteiger partial charge in [-0.3, -0.25) is 9.78 Å². The van der Waals surface area contributed by atoms with Gasteiger partial charge in [-0.05, 0) is 47.2 Å². The molecule has 0 saturated heterocycles. The van der Waals surface area contributed by atoms with Crippen LogP contribution in [0.5, 0.6) is 5.75 Å². The van der Waals surface area contributed by atoms with Crippen LogP contribution in [0.25, 0.3) is 11.3 Å². The number of nitrogens with two attached hydrogens (primary N) is 1. The smallest absolute Gasteiger partial charge is 0.260 e.